The number of fused-ring (bicyclic) bond motifs is 1. The highest BCUT2D eigenvalue weighted by Crippen LogP contribution is 2.27. The molecule has 7 nitrogen and oxygen atoms in total. The van der Waals surface area contributed by atoms with Gasteiger partial charge in [-0.05, 0) is 93.9 Å². The van der Waals surface area contributed by atoms with Gasteiger partial charge in [-0.25, -0.2) is 4.98 Å². The summed E-state index contributed by atoms with van der Waals surface area (Å²) in [6, 6.07) is 13.9. The molecule has 4 rings (SSSR count). The number of carbonyl (C=O) groups is 1. The van der Waals surface area contributed by atoms with Crippen LogP contribution < -0.4 is 10.1 Å². The number of nitrogens with one attached hydrogen (secondary N) is 1. The lowest BCUT2D eigenvalue weighted by Crippen LogP contribution is -2.34. The molecule has 1 amide bonds. The molecule has 3 aromatic rings. The minimum atomic E-state index is 0.117. The molecule has 1 aliphatic rings. The van der Waals surface area contributed by atoms with Crippen LogP contribution in [0.4, 0.5) is 11.6 Å². The number of imidazole rings is 1. The maximum Gasteiger partial charge on any atom is 0.253 e. The van der Waals surface area contributed by atoms with Crippen molar-refractivity contribution in [3.05, 3.63) is 48.0 Å². The van der Waals surface area contributed by atoms with Gasteiger partial charge in [-0.1, -0.05) is 40.2 Å². The van der Waals surface area contributed by atoms with Gasteiger partial charge in [0.05, 0.1) is 18.1 Å². The SMILES string of the molecule is COc1cccc(Nc2nc3ccc(C(=O)N(CCC(C)C)CCC(C)C)cc3n2CCCN2CCCCC2)c1. The number of amides is 1. The number of hydrogen-bond donors (Lipinski definition) is 1. The fraction of sp³-hybridized carbons (Fsp3) is 0.576. The summed E-state index contributed by atoms with van der Waals surface area (Å²) in [6.07, 6.45) is 6.99. The summed E-state index contributed by atoms with van der Waals surface area (Å²) in [6.45, 7) is 14.8. The Morgan fingerprint density at radius 1 is 0.975 bits per heavy atom. The highest BCUT2D eigenvalue weighted by molar-refractivity contribution is 5.98. The van der Waals surface area contributed by atoms with Crippen molar-refractivity contribution >= 4 is 28.6 Å². The van der Waals surface area contributed by atoms with E-state index in [0.717, 1.165) is 79.4 Å². The van der Waals surface area contributed by atoms with E-state index in [0.29, 0.717) is 11.8 Å². The third kappa shape index (κ3) is 8.23. The fourth-order valence-electron chi connectivity index (χ4n) is 5.37. The molecule has 0 radical (unpaired) electrons. The van der Waals surface area contributed by atoms with Crippen molar-refractivity contribution in [2.45, 2.75) is 72.8 Å². The topological polar surface area (TPSA) is 62.6 Å². The lowest BCUT2D eigenvalue weighted by Gasteiger charge is -2.26. The Morgan fingerprint density at radius 3 is 2.38 bits per heavy atom. The zero-order valence-corrected chi connectivity index (χ0v) is 25.3. The fourth-order valence-corrected chi connectivity index (χ4v) is 5.37. The molecule has 40 heavy (non-hydrogen) atoms. The molecular formula is C33H49N5O2. The van der Waals surface area contributed by atoms with Crippen LogP contribution in [-0.2, 0) is 6.54 Å². The molecule has 1 aliphatic heterocycles. The molecular weight excluding hydrogens is 498 g/mol. The molecule has 0 spiro atoms. The number of carbonyl (C=O) groups excluding carboxylic acids is 1. The average molecular weight is 548 g/mol. The molecule has 1 fully saturated rings. The smallest absolute Gasteiger partial charge is 0.253 e. The maximum absolute atomic E-state index is 13.8. The summed E-state index contributed by atoms with van der Waals surface area (Å²) in [4.78, 5) is 23.4. The van der Waals surface area contributed by atoms with Gasteiger partial charge >= 0.3 is 0 Å². The lowest BCUT2D eigenvalue weighted by molar-refractivity contribution is 0.0741. The Balaban J connectivity index is 1.62. The predicted octanol–water partition coefficient (Wildman–Crippen LogP) is 7.20. The Labute approximate surface area is 240 Å². The monoisotopic (exact) mass is 547 g/mol. The van der Waals surface area contributed by atoms with Gasteiger partial charge in [0.2, 0.25) is 5.95 Å². The summed E-state index contributed by atoms with van der Waals surface area (Å²) < 4.78 is 7.68. The van der Waals surface area contributed by atoms with Crippen molar-refractivity contribution in [2.75, 3.05) is 45.2 Å². The number of methoxy groups -OCH3 is 1. The van der Waals surface area contributed by atoms with E-state index in [-0.39, 0.29) is 5.91 Å². The number of hydrogen-bond acceptors (Lipinski definition) is 5. The number of aromatic nitrogens is 2. The van der Waals surface area contributed by atoms with Gasteiger partial charge in [-0.3, -0.25) is 4.79 Å². The molecule has 0 unspecified atom stereocenters. The first-order chi connectivity index (χ1) is 19.3. The van der Waals surface area contributed by atoms with Gasteiger partial charge in [0.15, 0.2) is 0 Å². The first-order valence-corrected chi connectivity index (χ1v) is 15.3. The largest absolute Gasteiger partial charge is 0.497 e. The first kappa shape index (κ1) is 29.9. The van der Waals surface area contributed by atoms with Crippen molar-refractivity contribution in [3.8, 4) is 5.75 Å². The van der Waals surface area contributed by atoms with E-state index < -0.39 is 0 Å². The van der Waals surface area contributed by atoms with E-state index in [2.05, 4.69) is 48.5 Å². The van der Waals surface area contributed by atoms with Gasteiger partial charge in [-0.15, -0.1) is 0 Å². The molecule has 0 atom stereocenters. The Morgan fingerprint density at radius 2 is 1.70 bits per heavy atom. The van der Waals surface area contributed by atoms with Crippen molar-refractivity contribution in [3.63, 3.8) is 0 Å². The molecule has 0 aliphatic carbocycles. The van der Waals surface area contributed by atoms with Crippen LogP contribution in [0.15, 0.2) is 42.5 Å². The van der Waals surface area contributed by atoms with E-state index in [1.54, 1.807) is 7.11 Å². The van der Waals surface area contributed by atoms with E-state index in [1.165, 1.54) is 32.4 Å². The van der Waals surface area contributed by atoms with Gasteiger partial charge in [0, 0.05) is 37.0 Å². The predicted molar refractivity (Wildman–Crippen MR) is 166 cm³/mol. The quantitative estimate of drug-likeness (QED) is 0.231. The molecule has 1 N–H and O–H groups in total. The zero-order chi connectivity index (χ0) is 28.5. The highest BCUT2D eigenvalue weighted by Gasteiger charge is 2.20. The molecule has 7 heteroatoms. The van der Waals surface area contributed by atoms with Crippen LogP contribution in [0.2, 0.25) is 0 Å². The number of piperidine rings is 1. The van der Waals surface area contributed by atoms with Crippen LogP contribution in [0.1, 0.15) is 76.6 Å². The van der Waals surface area contributed by atoms with E-state index >= 15 is 0 Å². The van der Waals surface area contributed by atoms with Crippen molar-refractivity contribution in [2.24, 2.45) is 11.8 Å². The number of rotatable bonds is 14. The van der Waals surface area contributed by atoms with Gasteiger partial charge in [0.25, 0.3) is 5.91 Å². The molecule has 1 aromatic heterocycles. The van der Waals surface area contributed by atoms with Gasteiger partial charge in [-0.2, -0.15) is 0 Å². The van der Waals surface area contributed by atoms with Crippen LogP contribution in [0, 0.1) is 11.8 Å². The molecule has 0 saturated carbocycles. The van der Waals surface area contributed by atoms with Crippen LogP contribution in [-0.4, -0.2) is 65.1 Å². The third-order valence-electron chi connectivity index (χ3n) is 7.87. The van der Waals surface area contributed by atoms with E-state index in [1.807, 2.05) is 41.3 Å². The molecule has 2 aromatic carbocycles. The zero-order valence-electron chi connectivity index (χ0n) is 25.3. The van der Waals surface area contributed by atoms with Crippen LogP contribution in [0.3, 0.4) is 0 Å². The second-order valence-corrected chi connectivity index (χ2v) is 12.1. The second kappa shape index (κ2) is 14.5. The minimum absolute atomic E-state index is 0.117. The molecule has 1 saturated heterocycles. The number of likely N-dealkylation sites (tertiary alicyclic amines) is 1. The molecule has 218 valence electrons. The Kier molecular flexibility index (Phi) is 10.9. The second-order valence-electron chi connectivity index (χ2n) is 12.1. The lowest BCUT2D eigenvalue weighted by atomic mass is 10.1. The van der Waals surface area contributed by atoms with E-state index in [4.69, 9.17) is 9.72 Å². The average Bonchev–Trinajstić information content (AvgIpc) is 3.29. The molecule has 2 heterocycles. The summed E-state index contributed by atoms with van der Waals surface area (Å²) in [5.41, 5.74) is 3.57. The minimum Gasteiger partial charge on any atom is -0.497 e. The van der Waals surface area contributed by atoms with Crippen LogP contribution >= 0.6 is 0 Å². The molecule has 0 bridgehead atoms. The summed E-state index contributed by atoms with van der Waals surface area (Å²) in [5.74, 6) is 2.83. The Bertz CT molecular complexity index is 1220. The number of benzene rings is 2. The maximum atomic E-state index is 13.8. The Hall–Kier alpha value is -3.06. The normalized spacial score (nSPS) is 14.3. The highest BCUT2D eigenvalue weighted by atomic mass is 16.5. The summed E-state index contributed by atoms with van der Waals surface area (Å²) >= 11 is 0. The van der Waals surface area contributed by atoms with Gasteiger partial charge < -0.3 is 24.4 Å². The number of nitrogens with zero attached hydrogens (tertiary/aromatic N) is 4. The number of aryl methyl sites for hydroxylation is 1. The van der Waals surface area contributed by atoms with Crippen LogP contribution in [0.5, 0.6) is 5.75 Å². The van der Waals surface area contributed by atoms with Crippen molar-refractivity contribution in [1.29, 1.82) is 0 Å². The van der Waals surface area contributed by atoms with Crippen LogP contribution in [0.25, 0.3) is 11.0 Å². The van der Waals surface area contributed by atoms with Gasteiger partial charge in [0.1, 0.15) is 5.75 Å². The van der Waals surface area contributed by atoms with Crippen molar-refractivity contribution < 1.29 is 9.53 Å². The first-order valence-electron chi connectivity index (χ1n) is 15.3. The van der Waals surface area contributed by atoms with Crippen molar-refractivity contribution in [1.82, 2.24) is 19.4 Å². The number of anilines is 2. The number of ether oxygens (including phenoxy) is 1. The van der Waals surface area contributed by atoms with E-state index in [9.17, 15) is 4.79 Å². The summed E-state index contributed by atoms with van der Waals surface area (Å²) in [7, 11) is 1.68. The summed E-state index contributed by atoms with van der Waals surface area (Å²) in [5, 5.41) is 3.52. The standard InChI is InChI=1S/C33H49N5O2/c1-25(2)15-21-37(22-16-26(3)4)32(39)27-13-14-30-31(23-27)38(20-10-19-36-17-7-6-8-18-36)33(35-30)34-28-11-9-12-29(24-28)40-5/h9,11-14,23-26H,6-8,10,15-22H2,1-5H3,(H,34,35). The third-order valence-corrected chi connectivity index (χ3v) is 7.87.